The molecule has 3 rings (SSSR count). The lowest BCUT2D eigenvalue weighted by Gasteiger charge is -2.33. The van der Waals surface area contributed by atoms with Gasteiger partial charge >= 0.3 is 0 Å². The van der Waals surface area contributed by atoms with Crippen molar-refractivity contribution in [1.82, 2.24) is 10.2 Å². The van der Waals surface area contributed by atoms with Crippen LogP contribution >= 0.6 is 0 Å². The minimum Gasteiger partial charge on any atom is -0.486 e. The molecule has 0 radical (unpaired) electrons. The lowest BCUT2D eigenvalue weighted by Crippen LogP contribution is -2.52. The Hall–Kier alpha value is -3.34. The van der Waals surface area contributed by atoms with Gasteiger partial charge in [-0.2, -0.15) is 0 Å². The van der Waals surface area contributed by atoms with Crippen molar-refractivity contribution in [2.24, 2.45) is 0 Å². The molecule has 0 saturated carbocycles. The molecule has 35 heavy (non-hydrogen) atoms. The van der Waals surface area contributed by atoms with Crippen LogP contribution in [0.25, 0.3) is 0 Å². The number of nitrogens with one attached hydrogen (secondary N) is 1. The maximum absolute atomic E-state index is 13.6. The van der Waals surface area contributed by atoms with Gasteiger partial charge in [-0.1, -0.05) is 19.1 Å². The molecule has 2 aromatic rings. The first-order chi connectivity index (χ1) is 16.6. The van der Waals surface area contributed by atoms with Gasteiger partial charge in [0.15, 0.2) is 11.5 Å². The third kappa shape index (κ3) is 6.62. The SMILES string of the molecule is CCNC(=O)[C@H](CC)N(Cc1ccc(F)cc1)C(=O)CN(c1ccc2c(c1)OCCO2)S(C)(=O)=O. The maximum atomic E-state index is 13.6. The average Bonchev–Trinajstić information content (AvgIpc) is 2.82. The summed E-state index contributed by atoms with van der Waals surface area (Å²) in [6.45, 7) is 4.09. The number of halogens is 1. The lowest BCUT2D eigenvalue weighted by atomic mass is 10.1. The second kappa shape index (κ2) is 11.4. The van der Waals surface area contributed by atoms with Gasteiger partial charge in [0.25, 0.3) is 0 Å². The van der Waals surface area contributed by atoms with Gasteiger partial charge in [0.2, 0.25) is 21.8 Å². The van der Waals surface area contributed by atoms with Crippen LogP contribution in [0.4, 0.5) is 10.1 Å². The molecule has 2 aromatic carbocycles. The minimum atomic E-state index is -3.88. The Balaban J connectivity index is 1.94. The van der Waals surface area contributed by atoms with E-state index in [1.807, 2.05) is 0 Å². The smallest absolute Gasteiger partial charge is 0.244 e. The molecule has 0 unspecified atom stereocenters. The summed E-state index contributed by atoms with van der Waals surface area (Å²) in [5.74, 6) is -0.487. The normalized spacial score (nSPS) is 13.6. The fourth-order valence-electron chi connectivity index (χ4n) is 3.80. The van der Waals surface area contributed by atoms with Crippen molar-refractivity contribution in [3.05, 3.63) is 53.8 Å². The highest BCUT2D eigenvalue weighted by Crippen LogP contribution is 2.34. The fourth-order valence-corrected chi connectivity index (χ4v) is 4.64. The van der Waals surface area contributed by atoms with E-state index in [1.54, 1.807) is 19.9 Å². The molecule has 1 atom stereocenters. The molecule has 11 heteroatoms. The number of likely N-dealkylation sites (N-methyl/N-ethyl adjacent to an activating group) is 1. The van der Waals surface area contributed by atoms with E-state index >= 15 is 0 Å². The molecule has 1 N–H and O–H groups in total. The Kier molecular flexibility index (Phi) is 8.55. The van der Waals surface area contributed by atoms with Crippen molar-refractivity contribution < 1.29 is 31.9 Å². The summed E-state index contributed by atoms with van der Waals surface area (Å²) in [6.07, 6.45) is 1.31. The molecule has 1 aliphatic heterocycles. The van der Waals surface area contributed by atoms with Crippen LogP contribution < -0.4 is 19.1 Å². The molecule has 0 aliphatic carbocycles. The standard InChI is InChI=1S/C24H30FN3O6S/c1-4-20(24(30)26-5-2)27(15-17-6-8-18(25)9-7-17)23(29)16-28(35(3,31)32)19-10-11-21-22(14-19)34-13-12-33-21/h6-11,14,20H,4-5,12-13,15-16H2,1-3H3,(H,26,30)/t20-/m0/s1. The van der Waals surface area contributed by atoms with Crippen molar-refractivity contribution in [1.29, 1.82) is 0 Å². The zero-order valence-corrected chi connectivity index (χ0v) is 20.8. The van der Waals surface area contributed by atoms with Gasteiger partial charge in [-0.25, -0.2) is 12.8 Å². The monoisotopic (exact) mass is 507 g/mol. The number of carbonyl (C=O) groups excluding carboxylic acids is 2. The fraction of sp³-hybridized carbons (Fsp3) is 0.417. The molecular weight excluding hydrogens is 477 g/mol. The van der Waals surface area contributed by atoms with Crippen molar-refractivity contribution in [2.45, 2.75) is 32.9 Å². The Morgan fingerprint density at radius 1 is 1.06 bits per heavy atom. The first-order valence-corrected chi connectivity index (χ1v) is 13.2. The van der Waals surface area contributed by atoms with Crippen LogP contribution in [0.2, 0.25) is 0 Å². The first kappa shape index (κ1) is 26.3. The summed E-state index contributed by atoms with van der Waals surface area (Å²) in [6, 6.07) is 9.37. The van der Waals surface area contributed by atoms with E-state index in [1.165, 1.54) is 41.3 Å². The summed E-state index contributed by atoms with van der Waals surface area (Å²) in [5, 5.41) is 2.72. The van der Waals surface area contributed by atoms with E-state index in [2.05, 4.69) is 5.32 Å². The van der Waals surface area contributed by atoms with E-state index in [0.29, 0.717) is 43.2 Å². The van der Waals surface area contributed by atoms with Crippen molar-refractivity contribution in [3.8, 4) is 11.5 Å². The summed E-state index contributed by atoms with van der Waals surface area (Å²) < 4.78 is 50.8. The van der Waals surface area contributed by atoms with Gasteiger partial charge in [0.05, 0.1) is 11.9 Å². The van der Waals surface area contributed by atoms with Crippen molar-refractivity contribution in [2.75, 3.05) is 36.9 Å². The van der Waals surface area contributed by atoms with Crippen LogP contribution in [0.15, 0.2) is 42.5 Å². The largest absolute Gasteiger partial charge is 0.486 e. The zero-order valence-electron chi connectivity index (χ0n) is 20.0. The number of fused-ring (bicyclic) bond motifs is 1. The van der Waals surface area contributed by atoms with Gasteiger partial charge in [0, 0.05) is 19.2 Å². The van der Waals surface area contributed by atoms with Crippen LogP contribution in [0.3, 0.4) is 0 Å². The topological polar surface area (TPSA) is 105 Å². The summed E-state index contributed by atoms with van der Waals surface area (Å²) in [4.78, 5) is 27.6. The molecule has 9 nitrogen and oxygen atoms in total. The highest BCUT2D eigenvalue weighted by atomic mass is 32.2. The number of anilines is 1. The summed E-state index contributed by atoms with van der Waals surface area (Å²) >= 11 is 0. The number of rotatable bonds is 10. The Bertz CT molecular complexity index is 1160. The molecular formula is C24H30FN3O6S. The molecule has 1 aliphatic rings. The van der Waals surface area contributed by atoms with E-state index in [4.69, 9.17) is 9.47 Å². The number of amides is 2. The highest BCUT2D eigenvalue weighted by molar-refractivity contribution is 7.92. The highest BCUT2D eigenvalue weighted by Gasteiger charge is 2.32. The number of nitrogens with zero attached hydrogens (tertiary/aromatic N) is 2. The number of benzene rings is 2. The maximum Gasteiger partial charge on any atom is 0.244 e. The van der Waals surface area contributed by atoms with Gasteiger partial charge in [-0.05, 0) is 43.2 Å². The molecule has 0 spiro atoms. The molecule has 0 saturated heterocycles. The number of carbonyl (C=O) groups is 2. The number of hydrogen-bond acceptors (Lipinski definition) is 6. The average molecular weight is 508 g/mol. The summed E-state index contributed by atoms with van der Waals surface area (Å²) in [5.41, 5.74) is 0.839. The van der Waals surface area contributed by atoms with Gasteiger partial charge in [-0.15, -0.1) is 0 Å². The van der Waals surface area contributed by atoms with Crippen LogP contribution in [-0.2, 0) is 26.2 Å². The predicted octanol–water partition coefficient (Wildman–Crippen LogP) is 2.31. The number of ether oxygens (including phenoxy) is 2. The van der Waals surface area contributed by atoms with E-state index in [0.717, 1.165) is 10.6 Å². The van der Waals surface area contributed by atoms with Crippen LogP contribution in [-0.4, -0.2) is 63.7 Å². The van der Waals surface area contributed by atoms with E-state index in [-0.39, 0.29) is 18.1 Å². The molecule has 0 bridgehead atoms. The van der Waals surface area contributed by atoms with Crippen LogP contribution in [0.5, 0.6) is 11.5 Å². The van der Waals surface area contributed by atoms with Crippen molar-refractivity contribution in [3.63, 3.8) is 0 Å². The first-order valence-electron chi connectivity index (χ1n) is 11.3. The van der Waals surface area contributed by atoms with Crippen LogP contribution in [0.1, 0.15) is 25.8 Å². The van der Waals surface area contributed by atoms with Crippen molar-refractivity contribution >= 4 is 27.5 Å². The molecule has 190 valence electrons. The Labute approximate surface area is 204 Å². The second-order valence-corrected chi connectivity index (χ2v) is 9.97. The molecule has 0 aromatic heterocycles. The minimum absolute atomic E-state index is 0.00744. The predicted molar refractivity (Wildman–Crippen MR) is 129 cm³/mol. The van der Waals surface area contributed by atoms with Gasteiger partial charge in [0.1, 0.15) is 31.6 Å². The van der Waals surface area contributed by atoms with E-state index in [9.17, 15) is 22.4 Å². The molecule has 1 heterocycles. The third-order valence-corrected chi connectivity index (χ3v) is 6.64. The van der Waals surface area contributed by atoms with Gasteiger partial charge in [-0.3, -0.25) is 13.9 Å². The van der Waals surface area contributed by atoms with E-state index < -0.39 is 34.3 Å². The third-order valence-electron chi connectivity index (χ3n) is 5.50. The Morgan fingerprint density at radius 2 is 1.71 bits per heavy atom. The number of sulfonamides is 1. The Morgan fingerprint density at radius 3 is 2.31 bits per heavy atom. The lowest BCUT2D eigenvalue weighted by molar-refractivity contribution is -0.140. The molecule has 0 fully saturated rings. The van der Waals surface area contributed by atoms with Gasteiger partial charge < -0.3 is 19.7 Å². The quantitative estimate of drug-likeness (QED) is 0.529. The summed E-state index contributed by atoms with van der Waals surface area (Å²) in [7, 11) is -3.88. The van der Waals surface area contributed by atoms with Crippen LogP contribution in [0, 0.1) is 5.82 Å². The second-order valence-electron chi connectivity index (χ2n) is 8.06. The number of hydrogen-bond donors (Lipinski definition) is 1. The zero-order chi connectivity index (χ0) is 25.6. The molecule has 2 amide bonds.